The van der Waals surface area contributed by atoms with Gasteiger partial charge in [0.1, 0.15) is 0 Å². The predicted molar refractivity (Wildman–Crippen MR) is 60.8 cm³/mol. The molecule has 0 heterocycles. The second-order valence-corrected chi connectivity index (χ2v) is 3.88. The lowest BCUT2D eigenvalue weighted by Gasteiger charge is -2.13. The number of rotatable bonds is 9. The molecule has 0 aromatic rings. The molecule has 90 valence electrons. The molecule has 0 N–H and O–H groups in total. The molecule has 0 saturated carbocycles. The van der Waals surface area contributed by atoms with E-state index >= 15 is 0 Å². The lowest BCUT2D eigenvalue weighted by Crippen LogP contribution is -2.04. The van der Waals surface area contributed by atoms with Crippen molar-refractivity contribution in [2.24, 2.45) is 5.92 Å². The summed E-state index contributed by atoms with van der Waals surface area (Å²) in [6.45, 7) is 3.05. The Morgan fingerprint density at radius 3 is 2.47 bits per heavy atom. The highest BCUT2D eigenvalue weighted by atomic mass is 16.5. The molecule has 0 unspecified atom stereocenters. The molecule has 3 heteroatoms. The second-order valence-electron chi connectivity index (χ2n) is 3.88. The Balaban J connectivity index is 3.41. The minimum absolute atomic E-state index is 0.0973. The molecule has 0 amide bonds. The van der Waals surface area contributed by atoms with E-state index in [1.807, 2.05) is 0 Å². The van der Waals surface area contributed by atoms with Crippen LogP contribution in [0.1, 0.15) is 45.4 Å². The zero-order chi connectivity index (χ0) is 11.5. The summed E-state index contributed by atoms with van der Waals surface area (Å²) in [4.78, 5) is 10.9. The molecule has 0 aliphatic heterocycles. The SMILES string of the molecule is CC[C@H](CCCCC(=O)OC)CCOC. The Morgan fingerprint density at radius 2 is 1.93 bits per heavy atom. The van der Waals surface area contributed by atoms with E-state index in [1.165, 1.54) is 20.0 Å². The van der Waals surface area contributed by atoms with Crippen LogP contribution < -0.4 is 0 Å². The molecule has 0 saturated heterocycles. The lowest BCUT2D eigenvalue weighted by molar-refractivity contribution is -0.140. The van der Waals surface area contributed by atoms with E-state index < -0.39 is 0 Å². The standard InChI is InChI=1S/C12H24O3/c1-4-11(9-10-14-2)7-5-6-8-12(13)15-3/h11H,4-10H2,1-3H3/t11-/m1/s1. The number of ether oxygens (including phenoxy) is 2. The van der Waals surface area contributed by atoms with E-state index in [2.05, 4.69) is 11.7 Å². The molecular formula is C12H24O3. The summed E-state index contributed by atoms with van der Waals surface area (Å²) in [5, 5.41) is 0. The Bertz CT molecular complexity index is 157. The number of hydrogen-bond donors (Lipinski definition) is 0. The van der Waals surface area contributed by atoms with Gasteiger partial charge in [0, 0.05) is 20.1 Å². The van der Waals surface area contributed by atoms with E-state index in [-0.39, 0.29) is 5.97 Å². The van der Waals surface area contributed by atoms with Crippen LogP contribution in [0, 0.1) is 5.92 Å². The summed E-state index contributed by atoms with van der Waals surface area (Å²) >= 11 is 0. The molecule has 0 spiro atoms. The van der Waals surface area contributed by atoms with Crippen LogP contribution >= 0.6 is 0 Å². The van der Waals surface area contributed by atoms with Crippen molar-refractivity contribution < 1.29 is 14.3 Å². The van der Waals surface area contributed by atoms with Gasteiger partial charge in [-0.25, -0.2) is 0 Å². The number of esters is 1. The maximum Gasteiger partial charge on any atom is 0.305 e. The van der Waals surface area contributed by atoms with Crippen LogP contribution in [0.25, 0.3) is 0 Å². The number of unbranched alkanes of at least 4 members (excludes halogenated alkanes) is 1. The third-order valence-electron chi connectivity index (χ3n) is 2.78. The first-order valence-corrected chi connectivity index (χ1v) is 5.80. The molecule has 0 aromatic heterocycles. The Hall–Kier alpha value is -0.570. The first-order valence-electron chi connectivity index (χ1n) is 5.80. The Morgan fingerprint density at radius 1 is 1.20 bits per heavy atom. The van der Waals surface area contributed by atoms with Crippen molar-refractivity contribution in [2.45, 2.75) is 45.4 Å². The second kappa shape index (κ2) is 9.97. The molecule has 0 bridgehead atoms. The van der Waals surface area contributed by atoms with Crippen molar-refractivity contribution in [2.75, 3.05) is 20.8 Å². The maximum atomic E-state index is 10.9. The highest BCUT2D eigenvalue weighted by Gasteiger charge is 2.06. The van der Waals surface area contributed by atoms with Gasteiger partial charge in [-0.15, -0.1) is 0 Å². The van der Waals surface area contributed by atoms with E-state index in [1.54, 1.807) is 7.11 Å². The van der Waals surface area contributed by atoms with Crippen molar-refractivity contribution in [1.29, 1.82) is 0 Å². The Labute approximate surface area is 93.1 Å². The van der Waals surface area contributed by atoms with E-state index in [4.69, 9.17) is 4.74 Å². The van der Waals surface area contributed by atoms with Gasteiger partial charge in [0.2, 0.25) is 0 Å². The van der Waals surface area contributed by atoms with Gasteiger partial charge in [-0.1, -0.05) is 26.2 Å². The van der Waals surface area contributed by atoms with Gasteiger partial charge >= 0.3 is 5.97 Å². The fourth-order valence-electron chi connectivity index (χ4n) is 1.64. The average Bonchev–Trinajstić information content (AvgIpc) is 2.27. The third-order valence-corrected chi connectivity index (χ3v) is 2.78. The summed E-state index contributed by atoms with van der Waals surface area (Å²) < 4.78 is 9.65. The number of methoxy groups -OCH3 is 2. The summed E-state index contributed by atoms with van der Waals surface area (Å²) in [5.41, 5.74) is 0. The van der Waals surface area contributed by atoms with Crippen LogP contribution in [-0.2, 0) is 14.3 Å². The highest BCUT2D eigenvalue weighted by Crippen LogP contribution is 2.17. The summed E-state index contributed by atoms with van der Waals surface area (Å²) in [6.07, 6.45) is 6.12. The van der Waals surface area contributed by atoms with Crippen LogP contribution in [0.3, 0.4) is 0 Å². The topological polar surface area (TPSA) is 35.5 Å². The molecular weight excluding hydrogens is 192 g/mol. The quantitative estimate of drug-likeness (QED) is 0.439. The predicted octanol–water partition coefficient (Wildman–Crippen LogP) is 2.78. The third kappa shape index (κ3) is 8.43. The fourth-order valence-corrected chi connectivity index (χ4v) is 1.64. The number of carbonyl (C=O) groups excluding carboxylic acids is 1. The average molecular weight is 216 g/mol. The van der Waals surface area contributed by atoms with Gasteiger partial charge < -0.3 is 9.47 Å². The van der Waals surface area contributed by atoms with E-state index in [0.29, 0.717) is 6.42 Å². The maximum absolute atomic E-state index is 10.9. The minimum Gasteiger partial charge on any atom is -0.469 e. The fraction of sp³-hybridized carbons (Fsp3) is 0.917. The zero-order valence-electron chi connectivity index (χ0n) is 10.3. The first-order chi connectivity index (χ1) is 7.24. The molecule has 3 nitrogen and oxygen atoms in total. The molecule has 0 aliphatic carbocycles. The smallest absolute Gasteiger partial charge is 0.305 e. The zero-order valence-corrected chi connectivity index (χ0v) is 10.3. The van der Waals surface area contributed by atoms with Gasteiger partial charge in [0.05, 0.1) is 7.11 Å². The van der Waals surface area contributed by atoms with Crippen molar-refractivity contribution in [1.82, 2.24) is 0 Å². The number of hydrogen-bond acceptors (Lipinski definition) is 3. The first kappa shape index (κ1) is 14.4. The van der Waals surface area contributed by atoms with Gasteiger partial charge in [-0.3, -0.25) is 4.79 Å². The van der Waals surface area contributed by atoms with E-state index in [0.717, 1.165) is 31.8 Å². The highest BCUT2D eigenvalue weighted by molar-refractivity contribution is 5.68. The monoisotopic (exact) mass is 216 g/mol. The molecule has 0 aromatic carbocycles. The molecule has 15 heavy (non-hydrogen) atoms. The molecule has 0 aliphatic rings. The van der Waals surface area contributed by atoms with Crippen LogP contribution in [0.5, 0.6) is 0 Å². The molecule has 0 fully saturated rings. The van der Waals surface area contributed by atoms with Crippen molar-refractivity contribution in [3.05, 3.63) is 0 Å². The van der Waals surface area contributed by atoms with Gasteiger partial charge in [0.15, 0.2) is 0 Å². The van der Waals surface area contributed by atoms with Gasteiger partial charge in [0.25, 0.3) is 0 Å². The summed E-state index contributed by atoms with van der Waals surface area (Å²) in [7, 11) is 3.18. The van der Waals surface area contributed by atoms with Crippen LogP contribution in [-0.4, -0.2) is 26.8 Å². The summed E-state index contributed by atoms with van der Waals surface area (Å²) in [5.74, 6) is 0.641. The van der Waals surface area contributed by atoms with Crippen molar-refractivity contribution in [3.63, 3.8) is 0 Å². The largest absolute Gasteiger partial charge is 0.469 e. The van der Waals surface area contributed by atoms with Gasteiger partial charge in [-0.2, -0.15) is 0 Å². The van der Waals surface area contributed by atoms with Crippen molar-refractivity contribution in [3.8, 4) is 0 Å². The normalized spacial score (nSPS) is 12.5. The van der Waals surface area contributed by atoms with Crippen molar-refractivity contribution >= 4 is 5.97 Å². The molecule has 0 radical (unpaired) electrons. The molecule has 1 atom stereocenters. The number of carbonyl (C=O) groups is 1. The minimum atomic E-state index is -0.0973. The van der Waals surface area contributed by atoms with Crippen LogP contribution in [0.2, 0.25) is 0 Å². The van der Waals surface area contributed by atoms with Crippen LogP contribution in [0.15, 0.2) is 0 Å². The van der Waals surface area contributed by atoms with Crippen LogP contribution in [0.4, 0.5) is 0 Å². The lowest BCUT2D eigenvalue weighted by atomic mass is 9.96. The van der Waals surface area contributed by atoms with Gasteiger partial charge in [-0.05, 0) is 18.8 Å². The summed E-state index contributed by atoms with van der Waals surface area (Å²) in [6, 6.07) is 0. The molecule has 0 rings (SSSR count). The Kier molecular flexibility index (Phi) is 9.59. The van der Waals surface area contributed by atoms with E-state index in [9.17, 15) is 4.79 Å².